The van der Waals surface area contributed by atoms with Crippen LogP contribution >= 0.6 is 0 Å². The molecule has 3 aliphatic rings. The van der Waals surface area contributed by atoms with Crippen molar-refractivity contribution in [3.8, 4) is 22.8 Å². The topological polar surface area (TPSA) is 95.5 Å². The number of pyridine rings is 3. The van der Waals surface area contributed by atoms with Crippen molar-refractivity contribution < 1.29 is 4.39 Å². The minimum absolute atomic E-state index is 0.265. The number of nitrogens with zero attached hydrogens (tertiary/aromatic N) is 6. The summed E-state index contributed by atoms with van der Waals surface area (Å²) < 4.78 is 14.5. The molecule has 0 spiro atoms. The molecule has 5 aromatic rings. The smallest absolute Gasteiger partial charge is 0.163 e. The summed E-state index contributed by atoms with van der Waals surface area (Å²) in [5.41, 5.74) is 4.48. The first-order valence-electron chi connectivity index (χ1n) is 13.0. The lowest BCUT2D eigenvalue weighted by molar-refractivity contribution is 0.600. The zero-order valence-electron chi connectivity index (χ0n) is 20.2. The highest BCUT2D eigenvalue weighted by atomic mass is 19.1. The molecule has 2 N–H and O–H groups in total. The number of hydrogen-bond donors (Lipinski definition) is 2. The summed E-state index contributed by atoms with van der Waals surface area (Å²) in [7, 11) is 0. The van der Waals surface area contributed by atoms with Crippen molar-refractivity contribution in [2.24, 2.45) is 0 Å². The number of rotatable bonds is 4. The second kappa shape index (κ2) is 8.01. The van der Waals surface area contributed by atoms with Gasteiger partial charge < -0.3 is 15.2 Å². The first kappa shape index (κ1) is 21.1. The monoisotopic (exact) mass is 492 g/mol. The number of aromatic nitrogens is 6. The van der Waals surface area contributed by atoms with Gasteiger partial charge in [-0.2, -0.15) is 0 Å². The van der Waals surface area contributed by atoms with E-state index in [-0.39, 0.29) is 11.5 Å². The van der Waals surface area contributed by atoms with Crippen molar-refractivity contribution in [2.75, 3.05) is 18.0 Å². The van der Waals surface area contributed by atoms with Gasteiger partial charge in [-0.15, -0.1) is 0 Å². The molecule has 1 aliphatic carbocycles. The quantitative estimate of drug-likeness (QED) is 0.379. The van der Waals surface area contributed by atoms with E-state index in [9.17, 15) is 4.39 Å². The highest BCUT2D eigenvalue weighted by Gasteiger charge is 2.40. The Labute approximate surface area is 212 Å². The maximum atomic E-state index is 14.5. The van der Waals surface area contributed by atoms with Crippen molar-refractivity contribution in [1.29, 1.82) is 0 Å². The average Bonchev–Trinajstić information content (AvgIpc) is 3.30. The maximum absolute atomic E-state index is 14.5. The summed E-state index contributed by atoms with van der Waals surface area (Å²) in [5, 5.41) is 5.64. The molecule has 2 saturated heterocycles. The van der Waals surface area contributed by atoms with Crippen LogP contribution in [0.25, 0.3) is 44.7 Å². The Morgan fingerprint density at radius 3 is 2.84 bits per heavy atom. The van der Waals surface area contributed by atoms with Gasteiger partial charge in [-0.1, -0.05) is 0 Å². The minimum atomic E-state index is -0.382. The second-order valence-corrected chi connectivity index (χ2v) is 10.3. The van der Waals surface area contributed by atoms with Crippen molar-refractivity contribution >= 4 is 27.8 Å². The lowest BCUT2D eigenvalue weighted by Gasteiger charge is -2.27. The normalized spacial score (nSPS) is 21.3. The van der Waals surface area contributed by atoms with Crippen molar-refractivity contribution in [3.63, 3.8) is 0 Å². The van der Waals surface area contributed by atoms with Gasteiger partial charge in [-0.3, -0.25) is 9.97 Å². The third kappa shape index (κ3) is 3.33. The van der Waals surface area contributed by atoms with Gasteiger partial charge in [0.2, 0.25) is 0 Å². The average molecular weight is 493 g/mol. The van der Waals surface area contributed by atoms with Gasteiger partial charge in [-0.05, 0) is 68.0 Å². The number of anilines is 1. The fourth-order valence-corrected chi connectivity index (χ4v) is 6.18. The molecule has 8 nitrogen and oxygen atoms in total. The number of fused-ring (bicyclic) bond motifs is 3. The van der Waals surface area contributed by atoms with Crippen LogP contribution in [0.3, 0.4) is 0 Å². The molecule has 2 atom stereocenters. The standard InChI is InChI=1S/C28H25FN8/c29-19-2-1-8-32-25(19)21-12-17-16(5-9-33-26(17)34-21)27-35-22-14-30-13-18(15-3-4-15)24(22)28(36-27)37-11-7-20-23(37)6-10-31-20/h1-2,5,8-9,12-15,20,23,31H,3-4,6-7,10-11H2,(H,33,34). The van der Waals surface area contributed by atoms with E-state index in [2.05, 4.69) is 30.2 Å². The van der Waals surface area contributed by atoms with E-state index in [4.69, 9.17) is 9.97 Å². The summed E-state index contributed by atoms with van der Waals surface area (Å²) in [6.45, 7) is 2.01. The summed E-state index contributed by atoms with van der Waals surface area (Å²) in [4.78, 5) is 29.3. The van der Waals surface area contributed by atoms with Crippen LogP contribution in [0, 0.1) is 5.82 Å². The van der Waals surface area contributed by atoms with E-state index in [1.54, 1.807) is 18.5 Å². The Balaban J connectivity index is 1.34. The number of halogens is 1. The van der Waals surface area contributed by atoms with Crippen LogP contribution in [-0.4, -0.2) is 55.1 Å². The predicted octanol–water partition coefficient (Wildman–Crippen LogP) is 4.59. The number of nitrogens with one attached hydrogen (secondary N) is 2. The maximum Gasteiger partial charge on any atom is 0.163 e. The molecule has 37 heavy (non-hydrogen) atoms. The van der Waals surface area contributed by atoms with Crippen molar-refractivity contribution in [2.45, 2.75) is 43.7 Å². The molecule has 184 valence electrons. The van der Waals surface area contributed by atoms with Gasteiger partial charge in [0.05, 0.1) is 17.4 Å². The lowest BCUT2D eigenvalue weighted by atomic mass is 10.1. The zero-order valence-corrected chi connectivity index (χ0v) is 20.2. The Morgan fingerprint density at radius 1 is 1.00 bits per heavy atom. The molecule has 0 aromatic carbocycles. The molecule has 5 aromatic heterocycles. The molecular weight excluding hydrogens is 467 g/mol. The predicted molar refractivity (Wildman–Crippen MR) is 140 cm³/mol. The van der Waals surface area contributed by atoms with E-state index in [1.165, 1.54) is 24.5 Å². The number of H-pyrrole nitrogens is 1. The number of aromatic amines is 1. The van der Waals surface area contributed by atoms with Crippen LogP contribution in [0.5, 0.6) is 0 Å². The van der Waals surface area contributed by atoms with E-state index in [1.807, 2.05) is 24.5 Å². The molecule has 8 rings (SSSR count). The molecule has 3 fully saturated rings. The van der Waals surface area contributed by atoms with Crippen LogP contribution in [0.4, 0.5) is 10.2 Å². The Bertz CT molecular complexity index is 1680. The molecule has 1 saturated carbocycles. The Kier molecular flexibility index (Phi) is 4.58. The summed E-state index contributed by atoms with van der Waals surface area (Å²) in [5.74, 6) is 1.80. The molecular formula is C28H25FN8. The van der Waals surface area contributed by atoms with Gasteiger partial charge in [0.25, 0.3) is 0 Å². The molecule has 9 heteroatoms. The van der Waals surface area contributed by atoms with Crippen LogP contribution in [-0.2, 0) is 0 Å². The third-order valence-corrected chi connectivity index (χ3v) is 8.09. The van der Waals surface area contributed by atoms with E-state index < -0.39 is 0 Å². The zero-order chi connectivity index (χ0) is 24.5. The van der Waals surface area contributed by atoms with Gasteiger partial charge in [-0.25, -0.2) is 19.3 Å². The third-order valence-electron chi connectivity index (χ3n) is 8.09. The van der Waals surface area contributed by atoms with Gasteiger partial charge in [0.1, 0.15) is 17.2 Å². The van der Waals surface area contributed by atoms with E-state index in [0.29, 0.717) is 35.2 Å². The highest BCUT2D eigenvalue weighted by Crippen LogP contribution is 2.46. The largest absolute Gasteiger partial charge is 0.351 e. The summed E-state index contributed by atoms with van der Waals surface area (Å²) in [6.07, 6.45) is 11.8. The molecule has 0 amide bonds. The first-order chi connectivity index (χ1) is 18.2. The fraction of sp³-hybridized carbons (Fsp3) is 0.321. The van der Waals surface area contributed by atoms with Crippen LogP contribution in [0.1, 0.15) is 37.2 Å². The van der Waals surface area contributed by atoms with Gasteiger partial charge in [0, 0.05) is 53.6 Å². The van der Waals surface area contributed by atoms with Crippen molar-refractivity contribution in [1.82, 2.24) is 35.2 Å². The van der Waals surface area contributed by atoms with E-state index >= 15 is 0 Å². The lowest BCUT2D eigenvalue weighted by Crippen LogP contribution is -2.35. The molecule has 0 radical (unpaired) electrons. The van der Waals surface area contributed by atoms with Gasteiger partial charge in [0.15, 0.2) is 11.6 Å². The molecule has 7 heterocycles. The summed E-state index contributed by atoms with van der Waals surface area (Å²) in [6, 6.07) is 7.76. The van der Waals surface area contributed by atoms with Crippen LogP contribution < -0.4 is 10.2 Å². The second-order valence-electron chi connectivity index (χ2n) is 10.3. The summed E-state index contributed by atoms with van der Waals surface area (Å²) >= 11 is 0. The van der Waals surface area contributed by atoms with Crippen LogP contribution in [0.2, 0.25) is 0 Å². The molecule has 2 unspecified atom stereocenters. The molecule has 2 aliphatic heterocycles. The highest BCUT2D eigenvalue weighted by molar-refractivity contribution is 5.98. The molecule has 0 bridgehead atoms. The van der Waals surface area contributed by atoms with Crippen molar-refractivity contribution in [3.05, 3.63) is 60.4 Å². The Morgan fingerprint density at radius 2 is 1.95 bits per heavy atom. The first-order valence-corrected chi connectivity index (χ1v) is 13.0. The Hall–Kier alpha value is -3.98. The van der Waals surface area contributed by atoms with E-state index in [0.717, 1.165) is 53.6 Å². The van der Waals surface area contributed by atoms with Gasteiger partial charge >= 0.3 is 0 Å². The SMILES string of the molecule is Fc1cccnc1-c1cc2c(-c3nc(N4CCC5NCCC54)c4c(C5CC5)cncc4n3)ccnc2[nH]1. The minimum Gasteiger partial charge on any atom is -0.351 e. The number of hydrogen-bond acceptors (Lipinski definition) is 7. The fourth-order valence-electron chi connectivity index (χ4n) is 6.18. The van der Waals surface area contributed by atoms with Crippen LogP contribution in [0.15, 0.2) is 49.1 Å².